The smallest absolute Gasteiger partial charge is 0.418 e. The average molecular weight is 562 g/mol. The van der Waals surface area contributed by atoms with Gasteiger partial charge in [-0.1, -0.05) is 108 Å². The Morgan fingerprint density at radius 2 is 0.667 bits per heavy atom. The number of pyridine rings is 1. The summed E-state index contributed by atoms with van der Waals surface area (Å²) >= 11 is 0. The summed E-state index contributed by atoms with van der Waals surface area (Å²) < 4.78 is 41.3. The molecule has 0 amide bonds. The average Bonchev–Trinajstić information content (AvgIpc) is 3.03. The molecule has 0 fully saturated rings. The van der Waals surface area contributed by atoms with Crippen molar-refractivity contribution in [3.05, 3.63) is 164 Å². The molecule has 0 N–H and O–H groups in total. The first-order valence-corrected chi connectivity index (χ1v) is 13.4. The summed E-state index contributed by atoms with van der Waals surface area (Å²) in [4.78, 5) is 0. The molecule has 208 valence electrons. The summed E-state index contributed by atoms with van der Waals surface area (Å²) in [6.07, 6.45) is 0. The molecule has 2 nitrogen and oxygen atoms in total. The van der Waals surface area contributed by atoms with Crippen LogP contribution in [0.5, 0.6) is 0 Å². The second kappa shape index (κ2) is 13.0. The minimum atomic E-state index is -6.00. The van der Waals surface area contributed by atoms with Crippen molar-refractivity contribution in [2.75, 3.05) is 5.01 Å². The molecule has 6 rings (SSSR count). The predicted molar refractivity (Wildman–Crippen MR) is 164 cm³/mol. The summed E-state index contributed by atoms with van der Waals surface area (Å²) in [6.45, 7) is 0. The van der Waals surface area contributed by atoms with Gasteiger partial charge in [0.1, 0.15) is 11.4 Å². The molecule has 0 atom stereocenters. The van der Waals surface area contributed by atoms with E-state index in [0.29, 0.717) is 0 Å². The number of rotatable bonds is 6. The van der Waals surface area contributed by atoms with Gasteiger partial charge in [0.2, 0.25) is 11.4 Å². The molecule has 0 bridgehead atoms. The summed E-state index contributed by atoms with van der Waals surface area (Å²) in [6, 6.07) is 57.6. The van der Waals surface area contributed by atoms with Crippen LogP contribution in [0.15, 0.2) is 164 Å². The van der Waals surface area contributed by atoms with E-state index in [0.717, 1.165) is 33.9 Å². The van der Waals surface area contributed by atoms with Gasteiger partial charge >= 0.3 is 7.25 Å². The number of hydrogen-bond donors (Lipinski definition) is 0. The monoisotopic (exact) mass is 562 g/mol. The molecule has 42 heavy (non-hydrogen) atoms. The van der Waals surface area contributed by atoms with Crippen LogP contribution < -0.4 is 9.69 Å². The van der Waals surface area contributed by atoms with Crippen LogP contribution >= 0.6 is 0 Å². The molecule has 0 unspecified atom stereocenters. The van der Waals surface area contributed by atoms with Gasteiger partial charge in [-0.25, -0.2) is 0 Å². The van der Waals surface area contributed by atoms with Crippen molar-refractivity contribution in [2.45, 2.75) is 0 Å². The summed E-state index contributed by atoms with van der Waals surface area (Å²) in [5.74, 6) is 0. The summed E-state index contributed by atoms with van der Waals surface area (Å²) in [5, 5.41) is 2.30. The second-order valence-electron chi connectivity index (χ2n) is 9.40. The van der Waals surface area contributed by atoms with Gasteiger partial charge in [-0.15, -0.1) is 5.01 Å². The lowest BCUT2D eigenvalue weighted by Gasteiger charge is -2.23. The van der Waals surface area contributed by atoms with E-state index >= 15 is 0 Å². The molecule has 1 heterocycles. The topological polar surface area (TPSA) is 7.12 Å². The Morgan fingerprint density at radius 1 is 0.381 bits per heavy atom. The van der Waals surface area contributed by atoms with Crippen LogP contribution in [0.25, 0.3) is 33.6 Å². The first-order valence-electron chi connectivity index (χ1n) is 13.4. The number of nitrogens with zero attached hydrogens (tertiary/aromatic N) is 2. The molecule has 0 aliphatic carbocycles. The number of halogens is 4. The molecule has 6 aromatic rings. The molecule has 0 aliphatic rings. The Kier molecular flexibility index (Phi) is 8.78. The molecule has 0 saturated heterocycles. The van der Waals surface area contributed by atoms with Crippen molar-refractivity contribution in [1.82, 2.24) is 0 Å². The van der Waals surface area contributed by atoms with E-state index in [9.17, 15) is 17.3 Å². The maximum Gasteiger partial charge on any atom is 0.673 e. The molecular weight excluding hydrogens is 535 g/mol. The third kappa shape index (κ3) is 7.12. The van der Waals surface area contributed by atoms with Crippen molar-refractivity contribution in [2.24, 2.45) is 0 Å². The van der Waals surface area contributed by atoms with E-state index in [2.05, 4.69) is 173 Å². The van der Waals surface area contributed by atoms with Gasteiger partial charge in [-0.2, -0.15) is 0 Å². The fourth-order valence-corrected chi connectivity index (χ4v) is 4.75. The maximum atomic E-state index is 9.75. The Bertz CT molecular complexity index is 1590. The summed E-state index contributed by atoms with van der Waals surface area (Å²) in [7, 11) is -6.00. The third-order valence-electron chi connectivity index (χ3n) is 6.49. The molecule has 0 saturated carbocycles. The van der Waals surface area contributed by atoms with E-state index < -0.39 is 7.25 Å². The lowest BCUT2D eigenvalue weighted by molar-refractivity contribution is -0.653. The van der Waals surface area contributed by atoms with Crippen molar-refractivity contribution in [1.29, 1.82) is 0 Å². The number of aromatic nitrogens is 1. The van der Waals surface area contributed by atoms with Crippen molar-refractivity contribution in [3.63, 3.8) is 0 Å². The van der Waals surface area contributed by atoms with Crippen molar-refractivity contribution >= 4 is 18.6 Å². The molecular formula is C35H27BF4N2. The fourth-order valence-electron chi connectivity index (χ4n) is 4.75. The quantitative estimate of drug-likeness (QED) is 0.111. The maximum absolute atomic E-state index is 9.75. The van der Waals surface area contributed by atoms with Crippen LogP contribution in [-0.4, -0.2) is 7.25 Å². The Morgan fingerprint density at radius 3 is 1.00 bits per heavy atom. The zero-order valence-electron chi connectivity index (χ0n) is 22.6. The van der Waals surface area contributed by atoms with Crippen LogP contribution in [0.3, 0.4) is 0 Å². The first kappa shape index (κ1) is 28.4. The Labute approximate surface area is 242 Å². The minimum absolute atomic E-state index is 1.08. The van der Waals surface area contributed by atoms with Gasteiger partial charge in [0.05, 0.1) is 0 Å². The highest BCUT2D eigenvalue weighted by molar-refractivity contribution is 6.50. The highest BCUT2D eigenvalue weighted by Gasteiger charge is 2.30. The van der Waals surface area contributed by atoms with E-state index in [1.54, 1.807) is 0 Å². The molecule has 0 aliphatic heterocycles. The van der Waals surface area contributed by atoms with E-state index in [1.165, 1.54) is 11.1 Å². The van der Waals surface area contributed by atoms with E-state index in [4.69, 9.17) is 0 Å². The van der Waals surface area contributed by atoms with Gasteiger partial charge in [0, 0.05) is 23.3 Å². The van der Waals surface area contributed by atoms with E-state index in [-0.39, 0.29) is 0 Å². The minimum Gasteiger partial charge on any atom is -0.418 e. The largest absolute Gasteiger partial charge is 0.673 e. The Balaban J connectivity index is 0.000000652. The fraction of sp³-hybridized carbons (Fsp3) is 0. The number of para-hydroxylation sites is 2. The highest BCUT2D eigenvalue weighted by Crippen LogP contribution is 2.32. The van der Waals surface area contributed by atoms with Crippen LogP contribution in [0.4, 0.5) is 28.6 Å². The zero-order valence-corrected chi connectivity index (χ0v) is 22.6. The molecule has 1 aromatic heterocycles. The lowest BCUT2D eigenvalue weighted by atomic mass is 9.99. The van der Waals surface area contributed by atoms with Crippen LogP contribution in [0.1, 0.15) is 0 Å². The normalized spacial score (nSPS) is 10.9. The third-order valence-corrected chi connectivity index (χ3v) is 6.49. The van der Waals surface area contributed by atoms with Crippen LogP contribution in [0, 0.1) is 0 Å². The molecule has 5 aromatic carbocycles. The number of hydrogen-bond acceptors (Lipinski definition) is 1. The predicted octanol–water partition coefficient (Wildman–Crippen LogP) is 9.88. The SMILES string of the molecule is F[B-](F)(F)F.c1ccc(-c2cc(-c3ccccc3)[n+](N(c3ccccc3)c3ccccc3)c(-c3ccccc3)c2)cc1. The van der Waals surface area contributed by atoms with Crippen LogP contribution in [0.2, 0.25) is 0 Å². The van der Waals surface area contributed by atoms with Gasteiger partial charge in [0.25, 0.3) is 0 Å². The number of benzene rings is 5. The van der Waals surface area contributed by atoms with Crippen molar-refractivity contribution < 1.29 is 21.9 Å². The van der Waals surface area contributed by atoms with Gasteiger partial charge in [-0.3, -0.25) is 0 Å². The van der Waals surface area contributed by atoms with E-state index in [1.807, 2.05) is 0 Å². The van der Waals surface area contributed by atoms with Crippen molar-refractivity contribution in [3.8, 4) is 33.6 Å². The first-order chi connectivity index (χ1) is 20.4. The zero-order chi connectivity index (χ0) is 29.4. The lowest BCUT2D eigenvalue weighted by Crippen LogP contribution is -2.54. The van der Waals surface area contributed by atoms with Gasteiger partial charge in [-0.05, 0) is 59.7 Å². The van der Waals surface area contributed by atoms with Gasteiger partial charge < -0.3 is 17.3 Å². The second-order valence-corrected chi connectivity index (χ2v) is 9.40. The number of anilines is 2. The standard InChI is InChI=1S/C35H27N2.BF4/c1-6-16-28(17-7-1)31-26-34(29-18-8-2-9-19-29)37(35(27-31)30-20-10-3-11-21-30)36(32-22-12-4-13-23-32)33-24-14-5-15-25-33;2-1(3,4)5/h1-27H;/q+1;-1. The van der Waals surface area contributed by atoms with Gasteiger partial charge in [0.15, 0.2) is 0 Å². The molecule has 7 heteroatoms. The highest BCUT2D eigenvalue weighted by atomic mass is 19.5. The molecule has 0 radical (unpaired) electrons. The summed E-state index contributed by atoms with van der Waals surface area (Å²) in [5.41, 5.74) is 9.04. The van der Waals surface area contributed by atoms with Crippen LogP contribution in [-0.2, 0) is 0 Å². The molecule has 0 spiro atoms. The Hall–Kier alpha value is -5.17.